The van der Waals surface area contributed by atoms with Crippen LogP contribution >= 0.6 is 0 Å². The van der Waals surface area contributed by atoms with Crippen molar-refractivity contribution in [3.8, 4) is 0 Å². The van der Waals surface area contributed by atoms with Crippen molar-refractivity contribution in [1.29, 1.82) is 0 Å². The van der Waals surface area contributed by atoms with E-state index in [1.165, 1.54) is 11.3 Å². The van der Waals surface area contributed by atoms with Gasteiger partial charge in [0.05, 0.1) is 6.20 Å². The molecule has 1 atom stereocenters. The number of rotatable bonds is 4. The van der Waals surface area contributed by atoms with Crippen molar-refractivity contribution in [2.45, 2.75) is 32.1 Å². The smallest absolute Gasteiger partial charge is 0.248 e. The molecule has 1 fully saturated rings. The second kappa shape index (κ2) is 6.17. The van der Waals surface area contributed by atoms with Crippen molar-refractivity contribution in [3.05, 3.63) is 41.3 Å². The topological polar surface area (TPSA) is 87.9 Å². The zero-order chi connectivity index (χ0) is 15.5. The predicted octanol–water partition coefficient (Wildman–Crippen LogP) is 1.85. The van der Waals surface area contributed by atoms with E-state index in [2.05, 4.69) is 27.0 Å². The van der Waals surface area contributed by atoms with Crippen LogP contribution in [0.15, 0.2) is 24.5 Å². The maximum atomic E-state index is 11.3. The highest BCUT2D eigenvalue weighted by atomic mass is 16.1. The van der Waals surface area contributed by atoms with Crippen molar-refractivity contribution >= 4 is 11.7 Å². The van der Waals surface area contributed by atoms with Crippen molar-refractivity contribution < 1.29 is 4.79 Å². The Bertz CT molecular complexity index is 666. The minimum atomic E-state index is -0.418. The first-order valence-corrected chi connectivity index (χ1v) is 7.72. The van der Waals surface area contributed by atoms with Crippen LogP contribution in [0.25, 0.3) is 0 Å². The molecular weight excluding hydrogens is 278 g/mol. The molecule has 0 aliphatic carbocycles. The lowest BCUT2D eigenvalue weighted by atomic mass is 9.92. The van der Waals surface area contributed by atoms with E-state index in [4.69, 9.17) is 5.73 Å². The van der Waals surface area contributed by atoms with Gasteiger partial charge in [0.1, 0.15) is 5.82 Å². The summed E-state index contributed by atoms with van der Waals surface area (Å²) >= 11 is 0. The molecule has 116 valence electrons. The SMILES string of the molecule is CCc1cn[nH]c1C1CCCN(c2cc(C(N)=O)ccn2)C1. The Morgan fingerprint density at radius 2 is 2.41 bits per heavy atom. The largest absolute Gasteiger partial charge is 0.366 e. The quantitative estimate of drug-likeness (QED) is 0.902. The second-order valence-corrected chi connectivity index (χ2v) is 5.71. The Balaban J connectivity index is 1.81. The number of carbonyl (C=O) groups excluding carboxylic acids is 1. The number of anilines is 1. The molecule has 1 aliphatic heterocycles. The monoisotopic (exact) mass is 299 g/mol. The fourth-order valence-electron chi connectivity index (χ4n) is 3.12. The summed E-state index contributed by atoms with van der Waals surface area (Å²) in [7, 11) is 0. The second-order valence-electron chi connectivity index (χ2n) is 5.71. The molecule has 0 spiro atoms. The van der Waals surface area contributed by atoms with Crippen molar-refractivity contribution in [2.24, 2.45) is 5.73 Å². The van der Waals surface area contributed by atoms with Gasteiger partial charge < -0.3 is 10.6 Å². The van der Waals surface area contributed by atoms with Crippen molar-refractivity contribution in [3.63, 3.8) is 0 Å². The highest BCUT2D eigenvalue weighted by Crippen LogP contribution is 2.30. The van der Waals surface area contributed by atoms with Crippen LogP contribution in [0.1, 0.15) is 47.3 Å². The molecule has 2 aromatic heterocycles. The lowest BCUT2D eigenvalue weighted by Crippen LogP contribution is -2.35. The molecule has 2 aromatic rings. The van der Waals surface area contributed by atoms with Gasteiger partial charge in [-0.3, -0.25) is 9.89 Å². The Morgan fingerprint density at radius 1 is 1.55 bits per heavy atom. The van der Waals surface area contributed by atoms with Crippen LogP contribution in [-0.2, 0) is 6.42 Å². The Morgan fingerprint density at radius 3 is 3.18 bits per heavy atom. The van der Waals surface area contributed by atoms with Crippen molar-refractivity contribution in [2.75, 3.05) is 18.0 Å². The average Bonchev–Trinajstić information content (AvgIpc) is 3.04. The van der Waals surface area contributed by atoms with Gasteiger partial charge in [-0.05, 0) is 37.0 Å². The maximum absolute atomic E-state index is 11.3. The molecule has 22 heavy (non-hydrogen) atoms. The maximum Gasteiger partial charge on any atom is 0.248 e. The van der Waals surface area contributed by atoms with E-state index >= 15 is 0 Å². The molecule has 1 unspecified atom stereocenters. The third kappa shape index (κ3) is 2.81. The number of primary amides is 1. The van der Waals surface area contributed by atoms with Crippen molar-refractivity contribution in [1.82, 2.24) is 15.2 Å². The van der Waals surface area contributed by atoms with E-state index in [1.807, 2.05) is 6.20 Å². The third-order valence-electron chi connectivity index (χ3n) is 4.32. The van der Waals surface area contributed by atoms with Gasteiger partial charge in [0.25, 0.3) is 0 Å². The summed E-state index contributed by atoms with van der Waals surface area (Å²) in [6.45, 7) is 3.97. The number of carbonyl (C=O) groups is 1. The predicted molar refractivity (Wildman–Crippen MR) is 84.9 cm³/mol. The number of pyridine rings is 1. The third-order valence-corrected chi connectivity index (χ3v) is 4.32. The van der Waals surface area contributed by atoms with E-state index in [1.54, 1.807) is 18.3 Å². The van der Waals surface area contributed by atoms with Crippen LogP contribution in [0.3, 0.4) is 0 Å². The van der Waals surface area contributed by atoms with Gasteiger partial charge in [0, 0.05) is 36.5 Å². The van der Waals surface area contributed by atoms with E-state index in [0.717, 1.165) is 38.2 Å². The van der Waals surface area contributed by atoms with Gasteiger partial charge in [-0.2, -0.15) is 5.10 Å². The number of hydrogen-bond donors (Lipinski definition) is 2. The molecule has 1 amide bonds. The molecule has 6 nitrogen and oxygen atoms in total. The van der Waals surface area contributed by atoms with Crippen LogP contribution in [0.2, 0.25) is 0 Å². The standard InChI is InChI=1S/C16H21N5O/c1-2-11-9-19-20-15(11)13-4-3-7-21(10-13)14-8-12(16(17)22)5-6-18-14/h5-6,8-9,13H,2-4,7,10H2,1H3,(H2,17,22)(H,19,20). The summed E-state index contributed by atoms with van der Waals surface area (Å²) in [5.41, 5.74) is 8.38. The normalized spacial score (nSPS) is 18.4. The number of hydrogen-bond acceptors (Lipinski definition) is 4. The molecule has 0 aromatic carbocycles. The van der Waals surface area contributed by atoms with Crippen LogP contribution in [-0.4, -0.2) is 34.2 Å². The fraction of sp³-hybridized carbons (Fsp3) is 0.438. The number of nitrogens with two attached hydrogens (primary N) is 1. The first-order chi connectivity index (χ1) is 10.7. The number of H-pyrrole nitrogens is 1. The van der Waals surface area contributed by atoms with Crippen LogP contribution in [0.5, 0.6) is 0 Å². The number of nitrogens with one attached hydrogen (secondary N) is 1. The first kappa shape index (κ1) is 14.6. The Labute approximate surface area is 129 Å². The Hall–Kier alpha value is -2.37. The van der Waals surface area contributed by atoms with E-state index in [-0.39, 0.29) is 0 Å². The highest BCUT2D eigenvalue weighted by molar-refractivity contribution is 5.93. The van der Waals surface area contributed by atoms with Crippen LogP contribution in [0.4, 0.5) is 5.82 Å². The molecule has 0 radical (unpaired) electrons. The summed E-state index contributed by atoms with van der Waals surface area (Å²) < 4.78 is 0. The summed E-state index contributed by atoms with van der Waals surface area (Å²) in [5, 5.41) is 7.34. The molecule has 0 saturated carbocycles. The highest BCUT2D eigenvalue weighted by Gasteiger charge is 2.25. The molecule has 3 N–H and O–H groups in total. The fourth-order valence-corrected chi connectivity index (χ4v) is 3.12. The van der Waals surface area contributed by atoms with Gasteiger partial charge in [0.15, 0.2) is 0 Å². The molecule has 1 saturated heterocycles. The lowest BCUT2D eigenvalue weighted by Gasteiger charge is -2.33. The number of aromatic amines is 1. The molecule has 0 bridgehead atoms. The van der Waals surface area contributed by atoms with Gasteiger partial charge in [0.2, 0.25) is 5.91 Å². The minimum absolute atomic E-state index is 0.418. The molecule has 6 heteroatoms. The van der Waals surface area contributed by atoms with Gasteiger partial charge >= 0.3 is 0 Å². The average molecular weight is 299 g/mol. The number of aryl methyl sites for hydroxylation is 1. The molecule has 1 aliphatic rings. The van der Waals surface area contributed by atoms with E-state index < -0.39 is 5.91 Å². The number of amides is 1. The Kier molecular flexibility index (Phi) is 4.09. The summed E-state index contributed by atoms with van der Waals surface area (Å²) in [6, 6.07) is 3.43. The zero-order valence-electron chi connectivity index (χ0n) is 12.7. The van der Waals surface area contributed by atoms with E-state index in [0.29, 0.717) is 11.5 Å². The summed E-state index contributed by atoms with van der Waals surface area (Å²) in [5.74, 6) is 0.822. The van der Waals surface area contributed by atoms with Crippen LogP contribution in [0, 0.1) is 0 Å². The van der Waals surface area contributed by atoms with Crippen LogP contribution < -0.4 is 10.6 Å². The molecular formula is C16H21N5O. The van der Waals surface area contributed by atoms with E-state index in [9.17, 15) is 4.79 Å². The lowest BCUT2D eigenvalue weighted by molar-refractivity contribution is 0.1000. The molecule has 3 heterocycles. The minimum Gasteiger partial charge on any atom is -0.366 e. The number of nitrogens with zero attached hydrogens (tertiary/aromatic N) is 3. The molecule has 3 rings (SSSR count). The van der Waals surface area contributed by atoms with Gasteiger partial charge in [-0.1, -0.05) is 6.92 Å². The number of aromatic nitrogens is 3. The summed E-state index contributed by atoms with van der Waals surface area (Å²) in [4.78, 5) is 18.0. The zero-order valence-corrected chi connectivity index (χ0v) is 12.7. The van der Waals surface area contributed by atoms with Gasteiger partial charge in [-0.25, -0.2) is 4.98 Å². The summed E-state index contributed by atoms with van der Waals surface area (Å²) in [6.07, 6.45) is 6.78. The first-order valence-electron chi connectivity index (χ1n) is 7.72. The number of piperidine rings is 1. The van der Waals surface area contributed by atoms with Gasteiger partial charge in [-0.15, -0.1) is 0 Å².